The van der Waals surface area contributed by atoms with E-state index in [0.29, 0.717) is 6.42 Å². The highest BCUT2D eigenvalue weighted by molar-refractivity contribution is 5.75. The van der Waals surface area contributed by atoms with Gasteiger partial charge in [0.05, 0.1) is 27.2 Å². The maximum atomic E-state index is 12.1. The van der Waals surface area contributed by atoms with Crippen molar-refractivity contribution in [3.05, 3.63) is 0 Å². The van der Waals surface area contributed by atoms with E-state index >= 15 is 0 Å². The van der Waals surface area contributed by atoms with Crippen LogP contribution in [0.2, 0.25) is 0 Å². The fourth-order valence-corrected chi connectivity index (χ4v) is 4.41. The minimum absolute atomic E-state index is 0. The van der Waals surface area contributed by atoms with Gasteiger partial charge < -0.3 is 33.8 Å². The number of carbonyl (C=O) groups is 1. The molecule has 31 heavy (non-hydrogen) atoms. The Bertz CT molecular complexity index is 410. The van der Waals surface area contributed by atoms with Crippen LogP contribution in [0.3, 0.4) is 0 Å². The summed E-state index contributed by atoms with van der Waals surface area (Å²) in [4.78, 5) is 12.1. The van der Waals surface area contributed by atoms with Gasteiger partial charge >= 0.3 is 0 Å². The van der Waals surface area contributed by atoms with E-state index in [-0.39, 0.29) is 35.3 Å². The van der Waals surface area contributed by atoms with Crippen molar-refractivity contribution in [3.8, 4) is 0 Å². The quantitative estimate of drug-likeness (QED) is 0.127. The van der Waals surface area contributed by atoms with Crippen LogP contribution in [0.1, 0.15) is 130 Å². The normalized spacial score (nSPS) is 11.9. The van der Waals surface area contributed by atoms with Gasteiger partial charge in [0.15, 0.2) is 0 Å². The second-order valence-corrected chi connectivity index (χ2v) is 11.1. The van der Waals surface area contributed by atoms with Crippen LogP contribution in [0, 0.1) is 5.41 Å². The standard InChI is InChI=1S/C27H56N2O.HI/c1-7-9-10-11-12-13-14-15-16-17-18-19-20-21-22-23-26(30)28-24-27(3,4)25-29(5,6)8-2;/h7-25H2,1-6H3;1H. The molecule has 0 aliphatic rings. The topological polar surface area (TPSA) is 29.1 Å². The van der Waals surface area contributed by atoms with Crippen molar-refractivity contribution in [2.75, 3.05) is 33.7 Å². The minimum atomic E-state index is 0. The van der Waals surface area contributed by atoms with Gasteiger partial charge in [-0.25, -0.2) is 0 Å². The van der Waals surface area contributed by atoms with Crippen molar-refractivity contribution in [1.82, 2.24) is 5.32 Å². The van der Waals surface area contributed by atoms with Crippen LogP contribution in [0.25, 0.3) is 0 Å². The zero-order valence-corrected chi connectivity index (χ0v) is 24.3. The molecule has 4 heteroatoms. The van der Waals surface area contributed by atoms with Gasteiger partial charge in [-0.2, -0.15) is 0 Å². The van der Waals surface area contributed by atoms with Crippen LogP contribution < -0.4 is 29.3 Å². The molecule has 0 aromatic heterocycles. The highest BCUT2D eigenvalue weighted by Crippen LogP contribution is 2.19. The van der Waals surface area contributed by atoms with Crippen LogP contribution in [0.4, 0.5) is 0 Å². The molecule has 0 bridgehead atoms. The fourth-order valence-electron chi connectivity index (χ4n) is 4.41. The van der Waals surface area contributed by atoms with Crippen molar-refractivity contribution >= 4 is 5.91 Å². The van der Waals surface area contributed by atoms with Gasteiger partial charge in [-0.05, 0) is 13.3 Å². The van der Waals surface area contributed by atoms with Crippen molar-refractivity contribution in [2.45, 2.75) is 130 Å². The molecule has 0 aliphatic carbocycles. The first-order valence-corrected chi connectivity index (χ1v) is 13.3. The Morgan fingerprint density at radius 3 is 1.48 bits per heavy atom. The Labute approximate surface area is 213 Å². The van der Waals surface area contributed by atoms with Crippen molar-refractivity contribution in [1.29, 1.82) is 0 Å². The summed E-state index contributed by atoms with van der Waals surface area (Å²) in [6, 6.07) is 0. The lowest BCUT2D eigenvalue weighted by Crippen LogP contribution is -3.00. The van der Waals surface area contributed by atoms with Crippen LogP contribution in [0.15, 0.2) is 0 Å². The molecule has 1 N–H and O–H groups in total. The molecule has 0 fully saturated rings. The van der Waals surface area contributed by atoms with E-state index in [2.05, 4.69) is 47.1 Å². The molecular weight excluding hydrogens is 495 g/mol. The van der Waals surface area contributed by atoms with Crippen LogP contribution >= 0.6 is 0 Å². The van der Waals surface area contributed by atoms with E-state index in [1.807, 2.05) is 0 Å². The predicted molar refractivity (Wildman–Crippen MR) is 134 cm³/mol. The van der Waals surface area contributed by atoms with E-state index in [1.165, 1.54) is 89.9 Å². The molecule has 0 heterocycles. The Morgan fingerprint density at radius 2 is 1.10 bits per heavy atom. The number of hydrogen-bond donors (Lipinski definition) is 1. The molecule has 3 nitrogen and oxygen atoms in total. The Hall–Kier alpha value is 0.160. The lowest BCUT2D eigenvalue weighted by molar-refractivity contribution is -0.894. The first-order chi connectivity index (χ1) is 14.2. The molecule has 0 radical (unpaired) electrons. The second kappa shape index (κ2) is 20.7. The molecule has 0 rings (SSSR count). The molecule has 0 aromatic carbocycles. The number of hydrogen-bond acceptors (Lipinski definition) is 1. The van der Waals surface area contributed by atoms with Gasteiger partial charge in [-0.15, -0.1) is 0 Å². The van der Waals surface area contributed by atoms with Crippen LogP contribution in [-0.2, 0) is 4.79 Å². The number of amides is 1. The largest absolute Gasteiger partial charge is 1.00 e. The van der Waals surface area contributed by atoms with Crippen molar-refractivity contribution in [3.63, 3.8) is 0 Å². The third kappa shape index (κ3) is 23.1. The van der Waals surface area contributed by atoms with E-state index in [4.69, 9.17) is 0 Å². The zero-order chi connectivity index (χ0) is 22.7. The zero-order valence-electron chi connectivity index (χ0n) is 22.2. The number of unbranched alkanes of at least 4 members (excludes halogenated alkanes) is 14. The number of halogens is 1. The molecule has 0 saturated heterocycles. The minimum Gasteiger partial charge on any atom is -1.00 e. The van der Waals surface area contributed by atoms with Gasteiger partial charge in [0, 0.05) is 18.4 Å². The van der Waals surface area contributed by atoms with Gasteiger partial charge in [0.2, 0.25) is 5.91 Å². The first kappa shape index (κ1) is 33.3. The smallest absolute Gasteiger partial charge is 0.220 e. The van der Waals surface area contributed by atoms with E-state index in [0.717, 1.165) is 30.5 Å². The molecule has 0 aliphatic heterocycles. The predicted octanol–water partition coefficient (Wildman–Crippen LogP) is 4.49. The van der Waals surface area contributed by atoms with Crippen molar-refractivity contribution in [2.24, 2.45) is 5.41 Å². The summed E-state index contributed by atoms with van der Waals surface area (Å²) >= 11 is 0. The van der Waals surface area contributed by atoms with Gasteiger partial charge in [-0.3, -0.25) is 4.79 Å². The monoisotopic (exact) mass is 552 g/mol. The molecule has 0 spiro atoms. The first-order valence-electron chi connectivity index (χ1n) is 13.3. The van der Waals surface area contributed by atoms with E-state index < -0.39 is 0 Å². The molecule has 0 aromatic rings. The average Bonchev–Trinajstić information content (AvgIpc) is 2.68. The highest BCUT2D eigenvalue weighted by Gasteiger charge is 2.27. The maximum absolute atomic E-state index is 12.1. The lowest BCUT2D eigenvalue weighted by atomic mass is 9.91. The summed E-state index contributed by atoms with van der Waals surface area (Å²) in [6.45, 7) is 12.0. The summed E-state index contributed by atoms with van der Waals surface area (Å²) in [6.07, 6.45) is 21.2. The summed E-state index contributed by atoms with van der Waals surface area (Å²) in [7, 11) is 4.53. The van der Waals surface area contributed by atoms with Gasteiger partial charge in [0.25, 0.3) is 0 Å². The molecule has 1 amide bonds. The SMILES string of the molecule is CCCCCCCCCCCCCCCCCC(=O)NCC(C)(C)C[N+](C)(C)CC.[I-]. The number of rotatable bonds is 21. The summed E-state index contributed by atoms with van der Waals surface area (Å²) in [5.74, 6) is 0.236. The van der Waals surface area contributed by atoms with Crippen LogP contribution in [-0.4, -0.2) is 44.1 Å². The Balaban J connectivity index is 0. The average molecular weight is 553 g/mol. The summed E-state index contributed by atoms with van der Waals surface area (Å²) in [5, 5.41) is 3.17. The van der Waals surface area contributed by atoms with Gasteiger partial charge in [-0.1, -0.05) is 111 Å². The Kier molecular flexibility index (Phi) is 22.3. The number of nitrogens with zero attached hydrogens (tertiary/aromatic N) is 1. The van der Waals surface area contributed by atoms with E-state index in [1.54, 1.807) is 0 Å². The summed E-state index contributed by atoms with van der Waals surface area (Å²) in [5.41, 5.74) is 0.143. The third-order valence-corrected chi connectivity index (χ3v) is 6.48. The summed E-state index contributed by atoms with van der Waals surface area (Å²) < 4.78 is 1.00. The van der Waals surface area contributed by atoms with Crippen molar-refractivity contribution < 1.29 is 33.3 Å². The molecule has 0 unspecified atom stereocenters. The second-order valence-electron chi connectivity index (χ2n) is 11.1. The third-order valence-electron chi connectivity index (χ3n) is 6.48. The lowest BCUT2D eigenvalue weighted by Gasteiger charge is -2.36. The Morgan fingerprint density at radius 1 is 0.710 bits per heavy atom. The maximum Gasteiger partial charge on any atom is 0.220 e. The molecule has 0 atom stereocenters. The van der Waals surface area contributed by atoms with Gasteiger partial charge in [0.1, 0.15) is 0 Å². The van der Waals surface area contributed by atoms with Crippen LogP contribution in [0.5, 0.6) is 0 Å². The fraction of sp³-hybridized carbons (Fsp3) is 0.963. The highest BCUT2D eigenvalue weighted by atomic mass is 127. The molecule has 188 valence electrons. The number of carbonyl (C=O) groups excluding carboxylic acids is 1. The molecular formula is C27H57IN2O. The number of nitrogens with one attached hydrogen (secondary N) is 1. The number of quaternary nitrogens is 1. The molecule has 0 saturated carbocycles. The van der Waals surface area contributed by atoms with E-state index in [9.17, 15) is 4.79 Å².